The van der Waals surface area contributed by atoms with Crippen molar-refractivity contribution in [3.8, 4) is 0 Å². The summed E-state index contributed by atoms with van der Waals surface area (Å²) in [7, 11) is -2.89. The maximum atomic E-state index is 11.8. The zero-order valence-electron chi connectivity index (χ0n) is 14.0. The first-order chi connectivity index (χ1) is 10.7. The molecule has 0 aliphatic carbocycles. The number of hydrogen-bond donors (Lipinski definition) is 2. The Bertz CT molecular complexity index is 654. The van der Waals surface area contributed by atoms with Gasteiger partial charge in [-0.25, -0.2) is 13.2 Å². The normalized spacial score (nSPS) is 21.1. The lowest BCUT2D eigenvalue weighted by Crippen LogP contribution is -2.40. The lowest BCUT2D eigenvalue weighted by atomic mass is 10.1. The van der Waals surface area contributed by atoms with Crippen LogP contribution in [-0.2, 0) is 16.4 Å². The first-order valence-electron chi connectivity index (χ1n) is 7.98. The van der Waals surface area contributed by atoms with E-state index in [4.69, 9.17) is 0 Å². The predicted molar refractivity (Wildman–Crippen MR) is 89.0 cm³/mol. The minimum absolute atomic E-state index is 0.0397. The first kappa shape index (κ1) is 17.8. The highest BCUT2D eigenvalue weighted by molar-refractivity contribution is 7.91. The van der Waals surface area contributed by atoms with Crippen LogP contribution in [0.15, 0.2) is 6.07 Å². The van der Waals surface area contributed by atoms with Crippen molar-refractivity contribution < 1.29 is 13.2 Å². The Labute approximate surface area is 137 Å². The van der Waals surface area contributed by atoms with Crippen LogP contribution in [0.25, 0.3) is 0 Å². The van der Waals surface area contributed by atoms with Crippen LogP contribution >= 0.6 is 0 Å². The van der Waals surface area contributed by atoms with Crippen LogP contribution in [0, 0.1) is 25.7 Å². The quantitative estimate of drug-likeness (QED) is 0.802. The van der Waals surface area contributed by atoms with Crippen molar-refractivity contribution >= 4 is 15.9 Å². The molecule has 0 saturated carbocycles. The third-order valence-electron chi connectivity index (χ3n) is 4.08. The smallest absolute Gasteiger partial charge is 0.314 e. The molecule has 0 spiro atoms. The first-order valence-corrected chi connectivity index (χ1v) is 9.80. The molecule has 2 amide bonds. The van der Waals surface area contributed by atoms with Crippen molar-refractivity contribution in [2.75, 3.05) is 24.6 Å². The molecule has 2 heterocycles. The van der Waals surface area contributed by atoms with Gasteiger partial charge in [0.15, 0.2) is 9.84 Å². The molecule has 1 saturated heterocycles. The van der Waals surface area contributed by atoms with E-state index in [0.717, 1.165) is 17.9 Å². The van der Waals surface area contributed by atoms with Crippen LogP contribution < -0.4 is 10.6 Å². The zero-order chi connectivity index (χ0) is 17.0. The van der Waals surface area contributed by atoms with Crippen molar-refractivity contribution in [2.24, 2.45) is 11.8 Å². The average molecular weight is 342 g/mol. The summed E-state index contributed by atoms with van der Waals surface area (Å²) in [5.41, 5.74) is 2.10. The van der Waals surface area contributed by atoms with E-state index < -0.39 is 9.84 Å². The van der Waals surface area contributed by atoms with Crippen LogP contribution in [0.2, 0.25) is 0 Å². The molecule has 1 aliphatic rings. The summed E-state index contributed by atoms with van der Waals surface area (Å²) in [6.07, 6.45) is 0.636. The number of amides is 2. The van der Waals surface area contributed by atoms with Gasteiger partial charge in [-0.1, -0.05) is 6.92 Å². The van der Waals surface area contributed by atoms with Gasteiger partial charge in [0, 0.05) is 25.3 Å². The monoisotopic (exact) mass is 342 g/mol. The molecular formula is C15H26N4O3S. The molecule has 1 aromatic heterocycles. The van der Waals surface area contributed by atoms with Crippen molar-refractivity contribution in [2.45, 2.75) is 33.7 Å². The Morgan fingerprint density at radius 2 is 2.17 bits per heavy atom. The summed E-state index contributed by atoms with van der Waals surface area (Å²) in [5.74, 6) is 0.714. The van der Waals surface area contributed by atoms with E-state index in [2.05, 4.69) is 22.7 Å². The maximum absolute atomic E-state index is 11.8. The number of rotatable bonds is 6. The molecule has 1 aliphatic heterocycles. The fraction of sp³-hybridized carbons (Fsp3) is 0.733. The molecule has 0 bridgehead atoms. The summed E-state index contributed by atoms with van der Waals surface area (Å²) in [6, 6.07) is 1.79. The highest BCUT2D eigenvalue weighted by atomic mass is 32.2. The van der Waals surface area contributed by atoms with Crippen LogP contribution in [0.4, 0.5) is 4.79 Å². The molecule has 1 fully saturated rings. The summed E-state index contributed by atoms with van der Waals surface area (Å²) in [5, 5.41) is 10.0. The van der Waals surface area contributed by atoms with E-state index in [9.17, 15) is 13.2 Å². The Morgan fingerprint density at radius 1 is 1.43 bits per heavy atom. The predicted octanol–water partition coefficient (Wildman–Crippen LogP) is 0.870. The number of aromatic nitrogens is 2. The van der Waals surface area contributed by atoms with Gasteiger partial charge in [0.1, 0.15) is 0 Å². The van der Waals surface area contributed by atoms with Crippen molar-refractivity contribution in [1.82, 2.24) is 20.4 Å². The van der Waals surface area contributed by atoms with E-state index in [1.807, 2.05) is 24.6 Å². The molecule has 8 heteroatoms. The van der Waals surface area contributed by atoms with Crippen LogP contribution in [0.5, 0.6) is 0 Å². The second-order valence-corrected chi connectivity index (χ2v) is 8.80. The van der Waals surface area contributed by atoms with Crippen LogP contribution in [-0.4, -0.2) is 48.8 Å². The second-order valence-electron chi connectivity index (χ2n) is 6.57. The number of urea groups is 1. The molecule has 130 valence electrons. The fourth-order valence-corrected chi connectivity index (χ4v) is 4.68. The van der Waals surface area contributed by atoms with Crippen LogP contribution in [0.3, 0.4) is 0 Å². The zero-order valence-corrected chi connectivity index (χ0v) is 14.8. The Kier molecular flexibility index (Phi) is 5.67. The molecule has 7 nitrogen and oxygen atoms in total. The standard InChI is InChI=1S/C15H26N4O3S/c1-11(9-19-13(3)6-12(2)18-19)7-16-15(20)17-8-14-4-5-23(21,22)10-14/h6,11,14H,4-5,7-10H2,1-3H3,(H2,16,17,20)/t11-,14-/m0/s1. The molecule has 2 atom stereocenters. The summed E-state index contributed by atoms with van der Waals surface area (Å²) in [6.45, 7) is 7.75. The third-order valence-corrected chi connectivity index (χ3v) is 5.91. The topological polar surface area (TPSA) is 93.1 Å². The van der Waals surface area contributed by atoms with Gasteiger partial charge in [-0.2, -0.15) is 5.10 Å². The highest BCUT2D eigenvalue weighted by Gasteiger charge is 2.27. The summed E-state index contributed by atoms with van der Waals surface area (Å²) in [4.78, 5) is 11.8. The average Bonchev–Trinajstić information content (AvgIpc) is 2.96. The number of sulfone groups is 1. The van der Waals surface area contributed by atoms with E-state index in [1.54, 1.807) is 0 Å². The number of nitrogens with zero attached hydrogens (tertiary/aromatic N) is 2. The van der Waals surface area contributed by atoms with Gasteiger partial charge in [-0.3, -0.25) is 4.68 Å². The largest absolute Gasteiger partial charge is 0.338 e. The van der Waals surface area contributed by atoms with E-state index in [0.29, 0.717) is 19.5 Å². The minimum Gasteiger partial charge on any atom is -0.338 e. The molecule has 23 heavy (non-hydrogen) atoms. The van der Waals surface area contributed by atoms with Gasteiger partial charge in [-0.05, 0) is 38.2 Å². The van der Waals surface area contributed by atoms with Crippen molar-refractivity contribution in [1.29, 1.82) is 0 Å². The lowest BCUT2D eigenvalue weighted by Gasteiger charge is -2.15. The van der Waals surface area contributed by atoms with E-state index in [-0.39, 0.29) is 29.4 Å². The molecule has 0 radical (unpaired) electrons. The van der Waals surface area contributed by atoms with Crippen molar-refractivity contribution in [3.05, 3.63) is 17.5 Å². The number of aryl methyl sites for hydroxylation is 2. The molecule has 0 aromatic carbocycles. The number of carbonyl (C=O) groups excluding carboxylic acids is 1. The summed E-state index contributed by atoms with van der Waals surface area (Å²) < 4.78 is 24.7. The molecular weight excluding hydrogens is 316 g/mol. The molecule has 0 unspecified atom stereocenters. The number of nitrogens with one attached hydrogen (secondary N) is 2. The summed E-state index contributed by atoms with van der Waals surface area (Å²) >= 11 is 0. The lowest BCUT2D eigenvalue weighted by molar-refractivity contribution is 0.237. The van der Waals surface area contributed by atoms with Crippen molar-refractivity contribution in [3.63, 3.8) is 0 Å². The fourth-order valence-electron chi connectivity index (χ4n) is 2.82. The molecule has 2 rings (SSSR count). The van der Waals surface area contributed by atoms with Gasteiger partial charge in [0.05, 0.1) is 17.2 Å². The highest BCUT2D eigenvalue weighted by Crippen LogP contribution is 2.17. The van der Waals surface area contributed by atoms with Gasteiger partial charge >= 0.3 is 6.03 Å². The number of hydrogen-bond acceptors (Lipinski definition) is 4. The minimum atomic E-state index is -2.89. The Morgan fingerprint density at radius 3 is 2.74 bits per heavy atom. The SMILES string of the molecule is Cc1cc(C)n(C[C@@H](C)CNC(=O)NC[C@@H]2CCS(=O)(=O)C2)n1. The van der Waals surface area contributed by atoms with Gasteiger partial charge in [-0.15, -0.1) is 0 Å². The third kappa shape index (κ3) is 5.53. The van der Waals surface area contributed by atoms with Gasteiger partial charge in [0.25, 0.3) is 0 Å². The van der Waals surface area contributed by atoms with Crippen LogP contribution in [0.1, 0.15) is 24.7 Å². The molecule has 2 N–H and O–H groups in total. The maximum Gasteiger partial charge on any atom is 0.314 e. The van der Waals surface area contributed by atoms with Gasteiger partial charge < -0.3 is 10.6 Å². The number of carbonyl (C=O) groups is 1. The second kappa shape index (κ2) is 7.33. The van der Waals surface area contributed by atoms with Gasteiger partial charge in [0.2, 0.25) is 0 Å². The van der Waals surface area contributed by atoms with E-state index in [1.165, 1.54) is 0 Å². The Balaban J connectivity index is 1.67. The van der Waals surface area contributed by atoms with E-state index >= 15 is 0 Å². The Hall–Kier alpha value is -1.57. The molecule has 1 aromatic rings.